The molecule has 1 aromatic heterocycles. The SMILES string of the molecule is N#Cc1ccc2[nH]cc(C(=O)c3ccc(Cl)c(Cl)c3)c2c1. The Morgan fingerprint density at radius 3 is 2.62 bits per heavy atom. The molecule has 0 spiro atoms. The van der Waals surface area contributed by atoms with Crippen LogP contribution in [0, 0.1) is 11.3 Å². The Balaban J connectivity index is 2.13. The van der Waals surface area contributed by atoms with Gasteiger partial charge >= 0.3 is 0 Å². The van der Waals surface area contributed by atoms with Gasteiger partial charge in [-0.05, 0) is 36.4 Å². The van der Waals surface area contributed by atoms with Crippen molar-refractivity contribution in [2.24, 2.45) is 0 Å². The van der Waals surface area contributed by atoms with E-state index >= 15 is 0 Å². The summed E-state index contributed by atoms with van der Waals surface area (Å²) in [5.74, 6) is -0.171. The second-order valence-corrected chi connectivity index (χ2v) is 5.35. The Hall–Kier alpha value is -2.28. The Labute approximate surface area is 130 Å². The zero-order valence-electron chi connectivity index (χ0n) is 10.7. The number of nitriles is 1. The molecule has 3 rings (SSSR count). The summed E-state index contributed by atoms with van der Waals surface area (Å²) in [6.45, 7) is 0. The van der Waals surface area contributed by atoms with Crippen LogP contribution in [0.3, 0.4) is 0 Å². The average Bonchev–Trinajstić information content (AvgIpc) is 2.92. The largest absolute Gasteiger partial charge is 0.360 e. The lowest BCUT2D eigenvalue weighted by Crippen LogP contribution is -2.00. The van der Waals surface area contributed by atoms with Gasteiger partial charge in [0.1, 0.15) is 0 Å². The van der Waals surface area contributed by atoms with E-state index in [1.54, 1.807) is 42.6 Å². The number of hydrogen-bond donors (Lipinski definition) is 1. The molecule has 0 unspecified atom stereocenters. The molecule has 0 saturated carbocycles. The van der Waals surface area contributed by atoms with Crippen LogP contribution in [-0.2, 0) is 0 Å². The number of nitrogens with one attached hydrogen (secondary N) is 1. The minimum atomic E-state index is -0.171. The van der Waals surface area contributed by atoms with Crippen molar-refractivity contribution >= 4 is 39.9 Å². The number of fused-ring (bicyclic) bond motifs is 1. The van der Waals surface area contributed by atoms with Crippen LogP contribution in [0.25, 0.3) is 10.9 Å². The first-order chi connectivity index (χ1) is 10.1. The summed E-state index contributed by atoms with van der Waals surface area (Å²) in [5, 5.41) is 10.4. The molecule has 0 saturated heterocycles. The van der Waals surface area contributed by atoms with E-state index in [-0.39, 0.29) is 5.78 Å². The third-order valence-corrected chi connectivity index (χ3v) is 3.98. The third kappa shape index (κ3) is 2.40. The molecule has 102 valence electrons. The van der Waals surface area contributed by atoms with Crippen molar-refractivity contribution in [1.29, 1.82) is 5.26 Å². The van der Waals surface area contributed by atoms with Crippen LogP contribution in [0.5, 0.6) is 0 Å². The first-order valence-corrected chi connectivity index (χ1v) is 6.87. The minimum absolute atomic E-state index is 0.171. The number of rotatable bonds is 2. The van der Waals surface area contributed by atoms with E-state index in [0.717, 1.165) is 5.52 Å². The molecule has 21 heavy (non-hydrogen) atoms. The zero-order valence-corrected chi connectivity index (χ0v) is 12.2. The topological polar surface area (TPSA) is 56.6 Å². The highest BCUT2D eigenvalue weighted by atomic mass is 35.5. The number of hydrogen-bond acceptors (Lipinski definition) is 2. The first kappa shape index (κ1) is 13.7. The van der Waals surface area contributed by atoms with Crippen molar-refractivity contribution in [3.05, 3.63) is 69.3 Å². The molecule has 3 aromatic rings. The molecule has 0 aliphatic rings. The van der Waals surface area contributed by atoms with Gasteiger partial charge in [0.15, 0.2) is 5.78 Å². The van der Waals surface area contributed by atoms with Crippen LogP contribution in [0.2, 0.25) is 10.0 Å². The van der Waals surface area contributed by atoms with Crippen LogP contribution in [0.4, 0.5) is 0 Å². The van der Waals surface area contributed by atoms with E-state index in [4.69, 9.17) is 28.5 Å². The Morgan fingerprint density at radius 2 is 1.90 bits per heavy atom. The van der Waals surface area contributed by atoms with Crippen molar-refractivity contribution in [3.8, 4) is 6.07 Å². The van der Waals surface area contributed by atoms with Crippen molar-refractivity contribution < 1.29 is 4.79 Å². The van der Waals surface area contributed by atoms with Crippen molar-refractivity contribution in [2.45, 2.75) is 0 Å². The van der Waals surface area contributed by atoms with Crippen LogP contribution in [-0.4, -0.2) is 10.8 Å². The molecule has 5 heteroatoms. The van der Waals surface area contributed by atoms with Gasteiger partial charge in [-0.15, -0.1) is 0 Å². The zero-order chi connectivity index (χ0) is 15.0. The second-order valence-electron chi connectivity index (χ2n) is 4.53. The summed E-state index contributed by atoms with van der Waals surface area (Å²) in [5.41, 5.74) is 2.26. The number of carbonyl (C=O) groups excluding carboxylic acids is 1. The van der Waals surface area contributed by atoms with E-state index in [1.165, 1.54) is 0 Å². The maximum atomic E-state index is 12.6. The van der Waals surface area contributed by atoms with E-state index in [9.17, 15) is 4.79 Å². The fraction of sp³-hybridized carbons (Fsp3) is 0. The quantitative estimate of drug-likeness (QED) is 0.704. The molecule has 0 radical (unpaired) electrons. The third-order valence-electron chi connectivity index (χ3n) is 3.24. The number of H-pyrrole nitrogens is 1. The fourth-order valence-corrected chi connectivity index (χ4v) is 2.47. The summed E-state index contributed by atoms with van der Waals surface area (Å²) in [7, 11) is 0. The molecule has 0 amide bonds. The summed E-state index contributed by atoms with van der Waals surface area (Å²) >= 11 is 11.8. The second kappa shape index (κ2) is 5.25. The van der Waals surface area contributed by atoms with E-state index in [0.29, 0.717) is 32.1 Å². The number of aromatic amines is 1. The van der Waals surface area contributed by atoms with Crippen LogP contribution in [0.1, 0.15) is 21.5 Å². The molecule has 0 aliphatic carbocycles. The Kier molecular flexibility index (Phi) is 3.42. The highest BCUT2D eigenvalue weighted by Crippen LogP contribution is 2.26. The molecular formula is C16H8Cl2N2O. The molecule has 1 N–H and O–H groups in total. The number of ketones is 1. The highest BCUT2D eigenvalue weighted by Gasteiger charge is 2.15. The molecule has 0 atom stereocenters. The lowest BCUT2D eigenvalue weighted by molar-refractivity contribution is 0.104. The van der Waals surface area contributed by atoms with Crippen molar-refractivity contribution in [2.75, 3.05) is 0 Å². The normalized spacial score (nSPS) is 10.5. The Morgan fingerprint density at radius 1 is 1.10 bits per heavy atom. The van der Waals surface area contributed by atoms with Gasteiger partial charge in [-0.3, -0.25) is 4.79 Å². The molecule has 3 nitrogen and oxygen atoms in total. The van der Waals surface area contributed by atoms with Gasteiger partial charge in [-0.2, -0.15) is 5.26 Å². The molecule has 0 fully saturated rings. The van der Waals surface area contributed by atoms with Gasteiger partial charge < -0.3 is 4.98 Å². The number of carbonyl (C=O) groups is 1. The van der Waals surface area contributed by atoms with Gasteiger partial charge in [0, 0.05) is 28.2 Å². The van der Waals surface area contributed by atoms with Crippen LogP contribution in [0.15, 0.2) is 42.6 Å². The number of nitrogens with zero attached hydrogens (tertiary/aromatic N) is 1. The standard InChI is InChI=1S/C16H8Cl2N2O/c17-13-3-2-10(6-14(13)18)16(21)12-8-20-15-4-1-9(7-19)5-11(12)15/h1-6,8,20H. The van der Waals surface area contributed by atoms with E-state index < -0.39 is 0 Å². The number of halogens is 2. The molecule has 1 heterocycles. The summed E-state index contributed by atoms with van der Waals surface area (Å²) in [6, 6.07) is 12.0. The van der Waals surface area contributed by atoms with E-state index in [1.807, 2.05) is 0 Å². The molecule has 2 aromatic carbocycles. The molecule has 0 aliphatic heterocycles. The lowest BCUT2D eigenvalue weighted by atomic mass is 10.0. The summed E-state index contributed by atoms with van der Waals surface area (Å²) in [4.78, 5) is 15.6. The van der Waals surface area contributed by atoms with Gasteiger partial charge in [0.05, 0.1) is 21.7 Å². The first-order valence-electron chi connectivity index (χ1n) is 6.11. The van der Waals surface area contributed by atoms with Crippen molar-refractivity contribution in [3.63, 3.8) is 0 Å². The maximum absolute atomic E-state index is 12.6. The Bertz CT molecular complexity index is 906. The van der Waals surface area contributed by atoms with Gasteiger partial charge in [0.25, 0.3) is 0 Å². The summed E-state index contributed by atoms with van der Waals surface area (Å²) in [6.07, 6.45) is 1.64. The predicted molar refractivity (Wildman–Crippen MR) is 82.9 cm³/mol. The average molecular weight is 315 g/mol. The molecule has 0 bridgehead atoms. The fourth-order valence-electron chi connectivity index (χ4n) is 2.17. The summed E-state index contributed by atoms with van der Waals surface area (Å²) < 4.78 is 0. The van der Waals surface area contributed by atoms with Gasteiger partial charge in [-0.25, -0.2) is 0 Å². The van der Waals surface area contributed by atoms with Crippen molar-refractivity contribution in [1.82, 2.24) is 4.98 Å². The van der Waals surface area contributed by atoms with Gasteiger partial charge in [0.2, 0.25) is 0 Å². The predicted octanol–water partition coefficient (Wildman–Crippen LogP) is 4.58. The maximum Gasteiger partial charge on any atom is 0.195 e. The van der Waals surface area contributed by atoms with Gasteiger partial charge in [-0.1, -0.05) is 23.2 Å². The van der Waals surface area contributed by atoms with Crippen LogP contribution >= 0.6 is 23.2 Å². The van der Waals surface area contributed by atoms with E-state index in [2.05, 4.69) is 11.1 Å². The lowest BCUT2D eigenvalue weighted by Gasteiger charge is -2.02. The number of aromatic nitrogens is 1. The minimum Gasteiger partial charge on any atom is -0.360 e. The smallest absolute Gasteiger partial charge is 0.195 e. The monoisotopic (exact) mass is 314 g/mol. The van der Waals surface area contributed by atoms with Crippen LogP contribution < -0.4 is 0 Å². The highest BCUT2D eigenvalue weighted by molar-refractivity contribution is 6.42. The molecular weight excluding hydrogens is 307 g/mol. The number of benzene rings is 2.